The Hall–Kier alpha value is -2.93. The molecule has 3 aromatic rings. The van der Waals surface area contributed by atoms with Gasteiger partial charge in [0.2, 0.25) is 0 Å². The van der Waals surface area contributed by atoms with Gasteiger partial charge in [0.1, 0.15) is 23.2 Å². The summed E-state index contributed by atoms with van der Waals surface area (Å²) in [4.78, 5) is 13.8. The van der Waals surface area contributed by atoms with Gasteiger partial charge in [-0.25, -0.2) is 14.4 Å². The van der Waals surface area contributed by atoms with Gasteiger partial charge in [0.05, 0.1) is 24.9 Å². The van der Waals surface area contributed by atoms with Gasteiger partial charge >= 0.3 is 0 Å². The Labute approximate surface area is 194 Å². The van der Waals surface area contributed by atoms with Crippen LogP contribution < -0.4 is 14.5 Å². The van der Waals surface area contributed by atoms with E-state index < -0.39 is 0 Å². The Bertz CT molecular complexity index is 1140. The highest BCUT2D eigenvalue weighted by molar-refractivity contribution is 5.92. The van der Waals surface area contributed by atoms with E-state index in [0.29, 0.717) is 29.6 Å². The standard InChI is InChI=1S/C26H31FN4O2/c1-30(13-14-32)23-15-20-22(16-21(23)27)28-25(18-7-8-18)29-26(20)31-11-9-17(10-12-31)19-5-3-4-6-24(19)33-2/h3-6,15-18,32H,7-14H2,1-2H3. The van der Waals surface area contributed by atoms with Crippen molar-refractivity contribution in [1.82, 2.24) is 9.97 Å². The molecule has 5 rings (SSSR count). The Kier molecular flexibility index (Phi) is 6.06. The molecule has 1 saturated carbocycles. The number of aromatic nitrogens is 2. The van der Waals surface area contributed by atoms with Crippen LogP contribution in [0.4, 0.5) is 15.9 Å². The molecule has 1 saturated heterocycles. The fraction of sp³-hybridized carbons (Fsp3) is 0.462. The molecule has 33 heavy (non-hydrogen) atoms. The van der Waals surface area contributed by atoms with E-state index in [1.807, 2.05) is 18.2 Å². The summed E-state index contributed by atoms with van der Waals surface area (Å²) in [5.74, 6) is 3.20. The van der Waals surface area contributed by atoms with Gasteiger partial charge in [-0.05, 0) is 49.3 Å². The quantitative estimate of drug-likeness (QED) is 0.573. The molecule has 1 aliphatic heterocycles. The number of fused-ring (bicyclic) bond motifs is 1. The molecule has 7 heteroatoms. The van der Waals surface area contributed by atoms with Crippen LogP contribution in [-0.2, 0) is 0 Å². The van der Waals surface area contributed by atoms with Gasteiger partial charge in [-0.3, -0.25) is 0 Å². The highest BCUT2D eigenvalue weighted by atomic mass is 19.1. The normalized spacial score (nSPS) is 16.9. The van der Waals surface area contributed by atoms with Crippen molar-refractivity contribution < 1.29 is 14.2 Å². The van der Waals surface area contributed by atoms with E-state index in [2.05, 4.69) is 17.0 Å². The van der Waals surface area contributed by atoms with E-state index in [0.717, 1.165) is 61.6 Å². The van der Waals surface area contributed by atoms with E-state index in [9.17, 15) is 9.50 Å². The van der Waals surface area contributed by atoms with Crippen LogP contribution >= 0.6 is 0 Å². The third-order valence-corrected chi connectivity index (χ3v) is 6.92. The Morgan fingerprint density at radius 2 is 1.85 bits per heavy atom. The van der Waals surface area contributed by atoms with Crippen molar-refractivity contribution in [2.45, 2.75) is 37.5 Å². The van der Waals surface area contributed by atoms with Crippen LogP contribution in [-0.4, -0.2) is 55.5 Å². The van der Waals surface area contributed by atoms with Crippen molar-refractivity contribution in [3.63, 3.8) is 0 Å². The first kappa shape index (κ1) is 21.9. The number of piperidine rings is 1. The molecule has 1 N–H and O–H groups in total. The molecule has 0 spiro atoms. The number of aliphatic hydroxyl groups excluding tert-OH is 1. The number of likely N-dealkylation sites (N-methyl/N-ethyl adjacent to an activating group) is 1. The van der Waals surface area contributed by atoms with Gasteiger partial charge in [0, 0.05) is 44.1 Å². The third-order valence-electron chi connectivity index (χ3n) is 6.92. The Morgan fingerprint density at radius 1 is 1.09 bits per heavy atom. The van der Waals surface area contributed by atoms with Gasteiger partial charge < -0.3 is 19.6 Å². The summed E-state index contributed by atoms with van der Waals surface area (Å²) in [6.07, 6.45) is 4.20. The Morgan fingerprint density at radius 3 is 2.55 bits per heavy atom. The lowest BCUT2D eigenvalue weighted by atomic mass is 9.88. The number of hydrogen-bond donors (Lipinski definition) is 1. The monoisotopic (exact) mass is 450 g/mol. The van der Waals surface area contributed by atoms with Crippen molar-refractivity contribution in [1.29, 1.82) is 0 Å². The number of nitrogens with zero attached hydrogens (tertiary/aromatic N) is 4. The van der Waals surface area contributed by atoms with Crippen molar-refractivity contribution in [3.05, 3.63) is 53.6 Å². The summed E-state index contributed by atoms with van der Waals surface area (Å²) < 4.78 is 20.5. The summed E-state index contributed by atoms with van der Waals surface area (Å²) in [5.41, 5.74) is 2.39. The third kappa shape index (κ3) is 4.34. The van der Waals surface area contributed by atoms with Crippen LogP contribution in [0.1, 0.15) is 48.9 Å². The van der Waals surface area contributed by atoms with Crippen LogP contribution in [0.2, 0.25) is 0 Å². The van der Waals surface area contributed by atoms with Crippen LogP contribution in [0.3, 0.4) is 0 Å². The molecule has 0 radical (unpaired) electrons. The molecule has 2 aromatic carbocycles. The number of methoxy groups -OCH3 is 1. The number of aliphatic hydroxyl groups is 1. The average Bonchev–Trinajstić information content (AvgIpc) is 3.69. The second kappa shape index (κ2) is 9.14. The zero-order chi connectivity index (χ0) is 22.9. The molecule has 0 amide bonds. The predicted molar refractivity (Wildman–Crippen MR) is 129 cm³/mol. The topological polar surface area (TPSA) is 61.7 Å². The van der Waals surface area contributed by atoms with Crippen molar-refractivity contribution in [2.75, 3.05) is 50.2 Å². The molecule has 6 nitrogen and oxygen atoms in total. The molecule has 1 aliphatic carbocycles. The lowest BCUT2D eigenvalue weighted by molar-refractivity contribution is 0.304. The van der Waals surface area contributed by atoms with E-state index in [4.69, 9.17) is 14.7 Å². The lowest BCUT2D eigenvalue weighted by Gasteiger charge is -2.34. The Balaban J connectivity index is 1.48. The number of anilines is 2. The first-order chi connectivity index (χ1) is 16.1. The second-order valence-electron chi connectivity index (χ2n) is 9.15. The smallest absolute Gasteiger partial charge is 0.148 e. The van der Waals surface area contributed by atoms with Crippen molar-refractivity contribution in [3.8, 4) is 5.75 Å². The maximum absolute atomic E-state index is 14.9. The minimum atomic E-state index is -0.320. The molecule has 0 atom stereocenters. The van der Waals surface area contributed by atoms with Gasteiger partial charge in [-0.15, -0.1) is 0 Å². The summed E-state index contributed by atoms with van der Waals surface area (Å²) in [5, 5.41) is 10.2. The number of halogens is 1. The number of rotatable bonds is 7. The van der Waals surface area contributed by atoms with Crippen LogP contribution in [0.5, 0.6) is 5.75 Å². The largest absolute Gasteiger partial charge is 0.496 e. The average molecular weight is 451 g/mol. The molecule has 174 valence electrons. The van der Waals surface area contributed by atoms with Gasteiger partial charge in [0.15, 0.2) is 0 Å². The van der Waals surface area contributed by atoms with Crippen molar-refractivity contribution in [2.24, 2.45) is 0 Å². The maximum atomic E-state index is 14.9. The van der Waals surface area contributed by atoms with E-state index >= 15 is 0 Å². The molecule has 2 fully saturated rings. The molecular formula is C26H31FN4O2. The number of hydrogen-bond acceptors (Lipinski definition) is 6. The highest BCUT2D eigenvalue weighted by Crippen LogP contribution is 2.42. The predicted octanol–water partition coefficient (Wildman–Crippen LogP) is 4.47. The summed E-state index contributed by atoms with van der Waals surface area (Å²) in [6.45, 7) is 2.08. The molecule has 2 heterocycles. The van der Waals surface area contributed by atoms with E-state index in [1.165, 1.54) is 11.6 Å². The zero-order valence-corrected chi connectivity index (χ0v) is 19.3. The SMILES string of the molecule is COc1ccccc1C1CCN(c2nc(C3CC3)nc3cc(F)c(N(C)CCO)cc23)CC1. The second-order valence-corrected chi connectivity index (χ2v) is 9.15. The molecule has 1 aromatic heterocycles. The van der Waals surface area contributed by atoms with E-state index in [-0.39, 0.29) is 12.4 Å². The summed E-state index contributed by atoms with van der Waals surface area (Å²) >= 11 is 0. The first-order valence-corrected chi connectivity index (χ1v) is 11.8. The summed E-state index contributed by atoms with van der Waals surface area (Å²) in [7, 11) is 3.52. The first-order valence-electron chi connectivity index (χ1n) is 11.8. The van der Waals surface area contributed by atoms with Gasteiger partial charge in [0.25, 0.3) is 0 Å². The van der Waals surface area contributed by atoms with Crippen molar-refractivity contribution >= 4 is 22.4 Å². The van der Waals surface area contributed by atoms with Crippen LogP contribution in [0.25, 0.3) is 10.9 Å². The fourth-order valence-corrected chi connectivity index (χ4v) is 4.87. The summed E-state index contributed by atoms with van der Waals surface area (Å²) in [6, 6.07) is 11.6. The molecule has 0 bridgehead atoms. The molecular weight excluding hydrogens is 419 g/mol. The zero-order valence-electron chi connectivity index (χ0n) is 19.3. The van der Waals surface area contributed by atoms with Gasteiger partial charge in [-0.1, -0.05) is 18.2 Å². The number of ether oxygens (including phenoxy) is 1. The highest BCUT2D eigenvalue weighted by Gasteiger charge is 2.30. The lowest BCUT2D eigenvalue weighted by Crippen LogP contribution is -2.34. The van der Waals surface area contributed by atoms with Crippen LogP contribution in [0, 0.1) is 5.82 Å². The molecule has 2 aliphatic rings. The van der Waals surface area contributed by atoms with Crippen LogP contribution in [0.15, 0.2) is 36.4 Å². The maximum Gasteiger partial charge on any atom is 0.148 e. The minimum Gasteiger partial charge on any atom is -0.496 e. The van der Waals surface area contributed by atoms with E-state index in [1.54, 1.807) is 19.1 Å². The number of benzene rings is 2. The molecule has 0 unspecified atom stereocenters. The number of para-hydroxylation sites is 1. The minimum absolute atomic E-state index is 0.0333. The van der Waals surface area contributed by atoms with Gasteiger partial charge in [-0.2, -0.15) is 0 Å². The fourth-order valence-electron chi connectivity index (χ4n) is 4.87.